The number of rotatable bonds is 5. The Morgan fingerprint density at radius 3 is 2.49 bits per heavy atom. The summed E-state index contributed by atoms with van der Waals surface area (Å²) in [7, 11) is -0.611. The number of aromatic carboxylic acids is 1. The van der Waals surface area contributed by atoms with Gasteiger partial charge in [-0.15, -0.1) is 0 Å². The largest absolute Gasteiger partial charge is 0.478 e. The number of nitrogens with zero attached hydrogens (tertiary/aromatic N) is 2. The van der Waals surface area contributed by atoms with Gasteiger partial charge >= 0.3 is 5.97 Å². The normalized spacial score (nSPS) is 17.3. The molecule has 2 aliphatic rings. The number of pyridine rings is 1. The van der Waals surface area contributed by atoms with Crippen molar-refractivity contribution >= 4 is 33.9 Å². The van der Waals surface area contributed by atoms with Crippen LogP contribution in [-0.2, 0) is 22.8 Å². The fraction of sp³-hybridized carbons (Fsp3) is 0.333. The molecule has 2 N–H and O–H groups in total. The quantitative estimate of drug-likeness (QED) is 0.417. The number of aromatic nitrogens is 1. The Labute approximate surface area is 236 Å². The van der Waals surface area contributed by atoms with Crippen LogP contribution in [0.3, 0.4) is 0 Å². The summed E-state index contributed by atoms with van der Waals surface area (Å²) < 4.78 is 15.6. The summed E-state index contributed by atoms with van der Waals surface area (Å²) in [5, 5.41) is 21.5. The minimum absolute atomic E-state index is 0.249. The minimum atomic E-state index is -0.967. The zero-order valence-electron chi connectivity index (χ0n) is 22.1. The summed E-state index contributed by atoms with van der Waals surface area (Å²) in [6.07, 6.45) is 9.72. The highest BCUT2D eigenvalue weighted by Gasteiger charge is 2.33. The van der Waals surface area contributed by atoms with E-state index in [4.69, 9.17) is 16.3 Å². The van der Waals surface area contributed by atoms with E-state index in [1.807, 2.05) is 36.4 Å². The van der Waals surface area contributed by atoms with Crippen molar-refractivity contribution in [2.45, 2.75) is 31.3 Å². The first-order valence-corrected chi connectivity index (χ1v) is 15.1. The van der Waals surface area contributed by atoms with Gasteiger partial charge < -0.3 is 19.8 Å². The Balaban J connectivity index is 0.000000826. The Hall–Kier alpha value is -3.04. The van der Waals surface area contributed by atoms with Crippen LogP contribution in [0.4, 0.5) is 0 Å². The molecular weight excluding hydrogens is 536 g/mol. The maximum atomic E-state index is 11.8. The lowest BCUT2D eigenvalue weighted by atomic mass is 9.84. The molecule has 0 aliphatic carbocycles. The second-order valence-corrected chi connectivity index (χ2v) is 11.8. The molecule has 0 radical (unpaired) electrons. The summed E-state index contributed by atoms with van der Waals surface area (Å²) in [6.45, 7) is 2.45. The molecule has 1 aromatic heterocycles. The third-order valence-corrected chi connectivity index (χ3v) is 7.21. The zero-order chi connectivity index (χ0) is 28.0. The first-order valence-electron chi connectivity index (χ1n) is 12.8. The fourth-order valence-corrected chi connectivity index (χ4v) is 5.08. The monoisotopic (exact) mass is 568 g/mol. The van der Waals surface area contributed by atoms with Crippen LogP contribution in [0.25, 0.3) is 5.57 Å². The van der Waals surface area contributed by atoms with Crippen molar-refractivity contribution in [2.75, 3.05) is 32.1 Å². The van der Waals surface area contributed by atoms with Gasteiger partial charge in [-0.2, -0.15) is 0 Å². The summed E-state index contributed by atoms with van der Waals surface area (Å²) in [5.74, 6) is 0.0574. The number of aliphatic hydroxyl groups is 1. The molecule has 2 aromatic carbocycles. The van der Waals surface area contributed by atoms with E-state index in [-0.39, 0.29) is 5.56 Å². The average Bonchev–Trinajstić information content (AvgIpc) is 3.06. The maximum absolute atomic E-state index is 11.8. The fourth-order valence-electron chi connectivity index (χ4n) is 4.95. The van der Waals surface area contributed by atoms with Gasteiger partial charge in [-0.25, -0.2) is 9.78 Å². The van der Waals surface area contributed by atoms with Crippen LogP contribution < -0.4 is 4.74 Å². The molecule has 0 spiro atoms. The number of fused-ring (bicyclic) bond motifs is 2. The number of likely N-dealkylation sites (tertiary alicyclic amines) is 1. The smallest absolute Gasteiger partial charge is 0.336 e. The van der Waals surface area contributed by atoms with Gasteiger partial charge in [0.1, 0.15) is 5.75 Å². The summed E-state index contributed by atoms with van der Waals surface area (Å²) >= 11 is 6.00. The van der Waals surface area contributed by atoms with Crippen LogP contribution in [0, 0.1) is 0 Å². The van der Waals surface area contributed by atoms with Crippen LogP contribution in [0.15, 0.2) is 66.9 Å². The van der Waals surface area contributed by atoms with Gasteiger partial charge in [-0.05, 0) is 66.8 Å². The molecule has 0 amide bonds. The average molecular weight is 569 g/mol. The number of hydrogen-bond donors (Lipinski definition) is 2. The highest BCUT2D eigenvalue weighted by Crippen LogP contribution is 2.39. The van der Waals surface area contributed by atoms with E-state index in [1.165, 1.54) is 0 Å². The third kappa shape index (κ3) is 7.33. The molecule has 0 atom stereocenters. The Kier molecular flexibility index (Phi) is 9.56. The molecule has 3 heterocycles. The van der Waals surface area contributed by atoms with Crippen molar-refractivity contribution < 1.29 is 24.0 Å². The van der Waals surface area contributed by atoms with E-state index in [0.29, 0.717) is 41.5 Å². The number of hydrogen-bond acceptors (Lipinski definition) is 6. The molecule has 2 aliphatic heterocycles. The highest BCUT2D eigenvalue weighted by atomic mass is 35.5. The standard InChI is InChI=1S/C28H27ClN2O4.C2H6OS/c29-21-10-8-20(9-11-21)28(34)12-16-31(17-13-28)15-3-4-19-18-24-23(27(32)33)5-1-7-25(24)35-26-22(19)6-2-14-30-26;1-4(2)3/h1-2,4-11,14,34H,3,12-13,15-18H2,(H,32,33);1-2H3. The van der Waals surface area contributed by atoms with Crippen LogP contribution in [0.1, 0.15) is 46.3 Å². The maximum Gasteiger partial charge on any atom is 0.336 e. The van der Waals surface area contributed by atoms with E-state index in [9.17, 15) is 19.2 Å². The van der Waals surface area contributed by atoms with Crippen molar-refractivity contribution in [3.05, 3.63) is 94.1 Å². The number of carboxylic acids is 1. The van der Waals surface area contributed by atoms with Gasteiger partial charge in [0.15, 0.2) is 0 Å². The van der Waals surface area contributed by atoms with Crippen LogP contribution in [0.2, 0.25) is 5.02 Å². The second kappa shape index (κ2) is 12.9. The summed E-state index contributed by atoms with van der Waals surface area (Å²) in [4.78, 5) is 18.6. The van der Waals surface area contributed by atoms with Crippen molar-refractivity contribution in [2.24, 2.45) is 0 Å². The lowest BCUT2D eigenvalue weighted by Gasteiger charge is -2.38. The SMILES string of the molecule is CS(C)=O.O=C(O)c1cccc2c1CC(=CCCN1CCC(O)(c3ccc(Cl)cc3)CC1)c1cccnc1O2. The number of benzene rings is 2. The predicted molar refractivity (Wildman–Crippen MR) is 155 cm³/mol. The molecule has 7 nitrogen and oxygen atoms in total. The molecule has 1 fully saturated rings. The third-order valence-electron chi connectivity index (χ3n) is 6.96. The molecule has 0 unspecified atom stereocenters. The number of allylic oxidation sites excluding steroid dienone is 1. The number of carbonyl (C=O) groups is 1. The van der Waals surface area contributed by atoms with Crippen LogP contribution >= 0.6 is 11.6 Å². The molecule has 9 heteroatoms. The van der Waals surface area contributed by atoms with Gasteiger partial charge in [-0.3, -0.25) is 4.21 Å². The first-order chi connectivity index (χ1) is 18.7. The second-order valence-electron chi connectivity index (χ2n) is 9.86. The molecule has 5 rings (SSSR count). The van der Waals surface area contributed by atoms with E-state index in [0.717, 1.165) is 42.8 Å². The molecule has 0 saturated carbocycles. The van der Waals surface area contributed by atoms with Crippen LogP contribution in [0.5, 0.6) is 11.6 Å². The minimum Gasteiger partial charge on any atom is -0.478 e. The number of halogens is 1. The number of carboxylic acid groups (broad SMARTS) is 1. The molecule has 1 saturated heterocycles. The van der Waals surface area contributed by atoms with Crippen LogP contribution in [-0.4, -0.2) is 62.4 Å². The molecule has 39 heavy (non-hydrogen) atoms. The first kappa shape index (κ1) is 29.0. The predicted octanol–water partition coefficient (Wildman–Crippen LogP) is 5.53. The Morgan fingerprint density at radius 1 is 1.13 bits per heavy atom. The molecular formula is C30H33ClN2O5S. The zero-order valence-corrected chi connectivity index (χ0v) is 23.7. The van der Waals surface area contributed by atoms with Crippen molar-refractivity contribution in [1.29, 1.82) is 0 Å². The molecule has 0 bridgehead atoms. The van der Waals surface area contributed by atoms with E-state index >= 15 is 0 Å². The lowest BCUT2D eigenvalue weighted by molar-refractivity contribution is -0.0254. The Morgan fingerprint density at radius 2 is 1.82 bits per heavy atom. The topological polar surface area (TPSA) is 100.0 Å². The summed E-state index contributed by atoms with van der Waals surface area (Å²) in [5.41, 5.74) is 2.90. The van der Waals surface area contributed by atoms with E-state index in [2.05, 4.69) is 16.0 Å². The summed E-state index contributed by atoms with van der Waals surface area (Å²) in [6, 6.07) is 16.4. The van der Waals surface area contributed by atoms with E-state index < -0.39 is 22.4 Å². The van der Waals surface area contributed by atoms with Crippen molar-refractivity contribution in [1.82, 2.24) is 9.88 Å². The number of ether oxygens (including phenoxy) is 1. The van der Waals surface area contributed by atoms with Gasteiger partial charge in [-0.1, -0.05) is 35.9 Å². The Bertz CT molecular complexity index is 1360. The van der Waals surface area contributed by atoms with Crippen molar-refractivity contribution in [3.8, 4) is 11.6 Å². The lowest BCUT2D eigenvalue weighted by Crippen LogP contribution is -2.42. The number of piperidine rings is 1. The van der Waals surface area contributed by atoms with Gasteiger partial charge in [0.05, 0.1) is 11.2 Å². The highest BCUT2D eigenvalue weighted by molar-refractivity contribution is 7.83. The molecule has 206 valence electrons. The van der Waals surface area contributed by atoms with E-state index in [1.54, 1.807) is 36.9 Å². The molecule has 3 aromatic rings. The van der Waals surface area contributed by atoms with Crippen molar-refractivity contribution in [3.63, 3.8) is 0 Å². The van der Waals surface area contributed by atoms with Gasteiger partial charge in [0.2, 0.25) is 5.88 Å². The van der Waals surface area contributed by atoms with Gasteiger partial charge in [0, 0.05) is 71.7 Å². The van der Waals surface area contributed by atoms with Gasteiger partial charge in [0.25, 0.3) is 0 Å².